The fourth-order valence-electron chi connectivity index (χ4n) is 3.19. The van der Waals surface area contributed by atoms with Gasteiger partial charge in [0.05, 0.1) is 17.6 Å². The van der Waals surface area contributed by atoms with E-state index in [0.29, 0.717) is 18.7 Å². The Bertz CT molecular complexity index is 1110. The van der Waals surface area contributed by atoms with Gasteiger partial charge < -0.3 is 9.47 Å². The van der Waals surface area contributed by atoms with E-state index in [1.807, 2.05) is 24.3 Å². The van der Waals surface area contributed by atoms with Gasteiger partial charge in [0.25, 0.3) is 5.91 Å². The maximum absolute atomic E-state index is 13.3. The van der Waals surface area contributed by atoms with Gasteiger partial charge >= 0.3 is 0 Å². The molecule has 2 heterocycles. The number of pyridine rings is 1. The minimum absolute atomic E-state index is 0.0946. The molecule has 0 atom stereocenters. The van der Waals surface area contributed by atoms with E-state index in [4.69, 9.17) is 4.98 Å². The molecule has 0 saturated heterocycles. The zero-order valence-electron chi connectivity index (χ0n) is 15.4. The number of carbonyl (C=O) groups is 1. The number of rotatable bonds is 5. The predicted octanol–water partition coefficient (Wildman–Crippen LogP) is 3.89. The first-order valence-corrected chi connectivity index (χ1v) is 8.96. The number of carbonyl (C=O) groups excluding carboxylic acids is 1. The lowest BCUT2D eigenvalue weighted by atomic mass is 10.2. The molecule has 0 aliphatic heterocycles. The number of para-hydroxylation sites is 2. The Kier molecular flexibility index (Phi) is 4.85. The normalized spacial score (nSPS) is 10.9. The molecule has 0 saturated carbocycles. The average Bonchev–Trinajstić information content (AvgIpc) is 3.06. The molecule has 0 aliphatic rings. The van der Waals surface area contributed by atoms with E-state index in [2.05, 4.69) is 9.55 Å². The first-order chi connectivity index (χ1) is 13.6. The van der Waals surface area contributed by atoms with E-state index in [-0.39, 0.29) is 11.7 Å². The highest BCUT2D eigenvalue weighted by Crippen LogP contribution is 2.20. The van der Waals surface area contributed by atoms with Gasteiger partial charge in [0, 0.05) is 31.5 Å². The fourth-order valence-corrected chi connectivity index (χ4v) is 3.19. The van der Waals surface area contributed by atoms with Crippen molar-refractivity contribution in [3.8, 4) is 0 Å². The minimum atomic E-state index is -0.262. The van der Waals surface area contributed by atoms with Crippen LogP contribution in [-0.4, -0.2) is 32.4 Å². The first-order valence-electron chi connectivity index (χ1n) is 8.96. The summed E-state index contributed by atoms with van der Waals surface area (Å²) >= 11 is 0. The SMILES string of the molecule is CN(Cc1nc2ccccc2n1Cc1ccc(F)cc1)C(=O)c1ccncc1. The van der Waals surface area contributed by atoms with E-state index in [0.717, 1.165) is 22.4 Å². The molecule has 0 bridgehead atoms. The van der Waals surface area contributed by atoms with Crippen LogP contribution in [0.15, 0.2) is 73.1 Å². The molecule has 140 valence electrons. The molecular weight excluding hydrogens is 355 g/mol. The Labute approximate surface area is 162 Å². The highest BCUT2D eigenvalue weighted by atomic mass is 19.1. The lowest BCUT2D eigenvalue weighted by molar-refractivity contribution is 0.0780. The van der Waals surface area contributed by atoms with Crippen molar-refractivity contribution in [2.75, 3.05) is 7.05 Å². The van der Waals surface area contributed by atoms with Crippen LogP contribution in [0.25, 0.3) is 11.0 Å². The molecule has 28 heavy (non-hydrogen) atoms. The second-order valence-corrected chi connectivity index (χ2v) is 6.63. The minimum Gasteiger partial charge on any atom is -0.334 e. The number of benzene rings is 2. The molecule has 0 aliphatic carbocycles. The standard InChI is InChI=1S/C22H19FN4O/c1-26(22(28)17-10-12-24-13-11-17)15-21-25-19-4-2-3-5-20(19)27(21)14-16-6-8-18(23)9-7-16/h2-13H,14-15H2,1H3. The van der Waals surface area contributed by atoms with Gasteiger partial charge in [-0.3, -0.25) is 9.78 Å². The summed E-state index contributed by atoms with van der Waals surface area (Å²) in [6.45, 7) is 0.907. The Morgan fingerprint density at radius 3 is 2.50 bits per heavy atom. The second kappa shape index (κ2) is 7.60. The topological polar surface area (TPSA) is 51.0 Å². The molecule has 5 nitrogen and oxygen atoms in total. The highest BCUT2D eigenvalue weighted by molar-refractivity contribution is 5.93. The van der Waals surface area contributed by atoms with Crippen molar-refractivity contribution >= 4 is 16.9 Å². The third-order valence-electron chi connectivity index (χ3n) is 4.64. The van der Waals surface area contributed by atoms with Gasteiger partial charge in [-0.15, -0.1) is 0 Å². The number of aromatic nitrogens is 3. The third-order valence-corrected chi connectivity index (χ3v) is 4.64. The Balaban J connectivity index is 1.66. The molecule has 1 amide bonds. The zero-order valence-corrected chi connectivity index (χ0v) is 15.4. The van der Waals surface area contributed by atoms with Crippen molar-refractivity contribution in [1.29, 1.82) is 0 Å². The molecule has 0 unspecified atom stereocenters. The van der Waals surface area contributed by atoms with Crippen LogP contribution < -0.4 is 0 Å². The fraction of sp³-hybridized carbons (Fsp3) is 0.136. The maximum Gasteiger partial charge on any atom is 0.254 e. The van der Waals surface area contributed by atoms with E-state index >= 15 is 0 Å². The van der Waals surface area contributed by atoms with Gasteiger partial charge in [-0.25, -0.2) is 9.37 Å². The second-order valence-electron chi connectivity index (χ2n) is 6.63. The summed E-state index contributed by atoms with van der Waals surface area (Å²) < 4.78 is 15.3. The van der Waals surface area contributed by atoms with Gasteiger partial charge in [0.15, 0.2) is 0 Å². The number of hydrogen-bond acceptors (Lipinski definition) is 3. The number of nitrogens with zero attached hydrogens (tertiary/aromatic N) is 4. The monoisotopic (exact) mass is 374 g/mol. The highest BCUT2D eigenvalue weighted by Gasteiger charge is 2.17. The molecule has 4 aromatic rings. The van der Waals surface area contributed by atoms with Crippen molar-refractivity contribution in [1.82, 2.24) is 19.4 Å². The summed E-state index contributed by atoms with van der Waals surface area (Å²) in [5.74, 6) is 0.417. The van der Waals surface area contributed by atoms with Gasteiger partial charge in [-0.1, -0.05) is 24.3 Å². The van der Waals surface area contributed by atoms with Gasteiger partial charge in [0.2, 0.25) is 0 Å². The Morgan fingerprint density at radius 2 is 1.75 bits per heavy atom. The number of amides is 1. The Hall–Kier alpha value is -3.54. The van der Waals surface area contributed by atoms with Gasteiger partial charge in [-0.05, 0) is 42.0 Å². The molecule has 0 radical (unpaired) electrons. The first kappa shape index (κ1) is 17.9. The summed E-state index contributed by atoms with van der Waals surface area (Å²) in [4.78, 5) is 23.0. The lowest BCUT2D eigenvalue weighted by Crippen LogP contribution is -2.27. The van der Waals surface area contributed by atoms with Gasteiger partial charge in [-0.2, -0.15) is 0 Å². The maximum atomic E-state index is 13.3. The summed E-state index contributed by atoms with van der Waals surface area (Å²) in [6, 6.07) is 17.7. The summed E-state index contributed by atoms with van der Waals surface area (Å²) in [7, 11) is 1.75. The van der Waals surface area contributed by atoms with E-state index < -0.39 is 0 Å². The number of imidazole rings is 1. The van der Waals surface area contributed by atoms with Crippen LogP contribution in [0.2, 0.25) is 0 Å². The quantitative estimate of drug-likeness (QED) is 0.533. The molecule has 2 aromatic carbocycles. The number of halogens is 1. The third kappa shape index (κ3) is 3.62. The van der Waals surface area contributed by atoms with Crippen LogP contribution in [0, 0.1) is 5.82 Å². The van der Waals surface area contributed by atoms with Crippen LogP contribution in [0.5, 0.6) is 0 Å². The van der Waals surface area contributed by atoms with Crippen molar-refractivity contribution in [2.45, 2.75) is 13.1 Å². The van der Waals surface area contributed by atoms with Crippen molar-refractivity contribution < 1.29 is 9.18 Å². The zero-order chi connectivity index (χ0) is 19.5. The Morgan fingerprint density at radius 1 is 1.04 bits per heavy atom. The van der Waals surface area contributed by atoms with Crippen molar-refractivity contribution in [3.63, 3.8) is 0 Å². The number of hydrogen-bond donors (Lipinski definition) is 0. The summed E-state index contributed by atoms with van der Waals surface area (Å²) in [6.07, 6.45) is 3.20. The molecular formula is C22H19FN4O. The largest absolute Gasteiger partial charge is 0.334 e. The molecule has 2 aromatic heterocycles. The summed E-state index contributed by atoms with van der Waals surface area (Å²) in [5, 5.41) is 0. The summed E-state index contributed by atoms with van der Waals surface area (Å²) in [5.41, 5.74) is 3.39. The smallest absolute Gasteiger partial charge is 0.254 e. The van der Waals surface area contributed by atoms with Gasteiger partial charge in [0.1, 0.15) is 11.6 Å². The van der Waals surface area contributed by atoms with Crippen molar-refractivity contribution in [3.05, 3.63) is 95.8 Å². The van der Waals surface area contributed by atoms with Crippen LogP contribution in [-0.2, 0) is 13.1 Å². The van der Waals surface area contributed by atoms with E-state index in [1.54, 1.807) is 48.6 Å². The average molecular weight is 374 g/mol. The van der Waals surface area contributed by atoms with Crippen molar-refractivity contribution in [2.24, 2.45) is 0 Å². The van der Waals surface area contributed by atoms with Crippen LogP contribution >= 0.6 is 0 Å². The van der Waals surface area contributed by atoms with Crippen LogP contribution in [0.4, 0.5) is 4.39 Å². The van der Waals surface area contributed by atoms with Crippen LogP contribution in [0.1, 0.15) is 21.7 Å². The number of fused-ring (bicyclic) bond motifs is 1. The molecule has 0 fully saturated rings. The van der Waals surface area contributed by atoms with E-state index in [9.17, 15) is 9.18 Å². The molecule has 6 heteroatoms. The molecule has 0 spiro atoms. The predicted molar refractivity (Wildman–Crippen MR) is 105 cm³/mol. The lowest BCUT2D eigenvalue weighted by Gasteiger charge is -2.18. The molecule has 0 N–H and O–H groups in total. The molecule has 4 rings (SSSR count). The van der Waals surface area contributed by atoms with E-state index in [1.165, 1.54) is 12.1 Å². The van der Waals surface area contributed by atoms with Crippen LogP contribution in [0.3, 0.4) is 0 Å².